The fraction of sp³-hybridized carbons (Fsp3) is 0.278. The number of benzene rings is 2. The van der Waals surface area contributed by atoms with Gasteiger partial charge in [0.15, 0.2) is 9.84 Å². The molecule has 0 saturated carbocycles. The van der Waals surface area contributed by atoms with Gasteiger partial charge in [-0.3, -0.25) is 4.79 Å². The van der Waals surface area contributed by atoms with E-state index in [2.05, 4.69) is 5.32 Å². The van der Waals surface area contributed by atoms with E-state index in [1.165, 1.54) is 0 Å². The van der Waals surface area contributed by atoms with Crippen LogP contribution in [0.25, 0.3) is 0 Å². The van der Waals surface area contributed by atoms with Gasteiger partial charge in [-0.15, -0.1) is 12.4 Å². The zero-order valence-electron chi connectivity index (χ0n) is 14.3. The standard InChI is InChI=1S/C18H22N2O3S.ClH/c1-19-12-13-20(2)18(21)17-11-7-6-8-15(17)14-24(22,23)16-9-4-3-5-10-16;/h3-11,19H,12-14H2,1-2H3;1H. The largest absolute Gasteiger partial charge is 0.340 e. The van der Waals surface area contributed by atoms with Gasteiger partial charge in [0.25, 0.3) is 5.91 Å². The molecule has 25 heavy (non-hydrogen) atoms. The molecule has 1 amide bonds. The predicted molar refractivity (Wildman–Crippen MR) is 102 cm³/mol. The third-order valence-electron chi connectivity index (χ3n) is 3.74. The van der Waals surface area contributed by atoms with Crippen LogP contribution in [0.3, 0.4) is 0 Å². The molecular weight excluding hydrogens is 360 g/mol. The number of carbonyl (C=O) groups is 1. The van der Waals surface area contributed by atoms with E-state index in [9.17, 15) is 13.2 Å². The minimum atomic E-state index is -3.50. The van der Waals surface area contributed by atoms with Gasteiger partial charge in [0.1, 0.15) is 0 Å². The first kappa shape index (κ1) is 21.2. The van der Waals surface area contributed by atoms with Gasteiger partial charge < -0.3 is 10.2 Å². The average molecular weight is 383 g/mol. The van der Waals surface area contributed by atoms with Crippen molar-refractivity contribution in [2.75, 3.05) is 27.2 Å². The highest BCUT2D eigenvalue weighted by atomic mass is 35.5. The van der Waals surface area contributed by atoms with E-state index in [1.54, 1.807) is 66.5 Å². The number of likely N-dealkylation sites (N-methyl/N-ethyl adjacent to an activating group) is 2. The minimum Gasteiger partial charge on any atom is -0.340 e. The quantitative estimate of drug-likeness (QED) is 0.798. The van der Waals surface area contributed by atoms with Gasteiger partial charge >= 0.3 is 0 Å². The molecule has 0 unspecified atom stereocenters. The summed E-state index contributed by atoms with van der Waals surface area (Å²) < 4.78 is 25.2. The number of halogens is 1. The van der Waals surface area contributed by atoms with Crippen LogP contribution >= 0.6 is 12.4 Å². The number of hydrogen-bond acceptors (Lipinski definition) is 4. The molecule has 1 N–H and O–H groups in total. The maximum Gasteiger partial charge on any atom is 0.253 e. The molecule has 0 aliphatic rings. The molecule has 0 atom stereocenters. The van der Waals surface area contributed by atoms with Crippen molar-refractivity contribution in [3.05, 3.63) is 65.7 Å². The van der Waals surface area contributed by atoms with Gasteiger partial charge in [0.2, 0.25) is 0 Å². The zero-order chi connectivity index (χ0) is 17.6. The monoisotopic (exact) mass is 382 g/mol. The lowest BCUT2D eigenvalue weighted by atomic mass is 10.1. The Morgan fingerprint density at radius 1 is 1.04 bits per heavy atom. The molecule has 7 heteroatoms. The lowest BCUT2D eigenvalue weighted by molar-refractivity contribution is 0.0796. The summed E-state index contributed by atoms with van der Waals surface area (Å²) in [7, 11) is 0.0335. The van der Waals surface area contributed by atoms with Crippen molar-refractivity contribution in [3.63, 3.8) is 0 Å². The average Bonchev–Trinajstić information content (AvgIpc) is 2.60. The second kappa shape index (κ2) is 9.56. The van der Waals surface area contributed by atoms with Crippen molar-refractivity contribution < 1.29 is 13.2 Å². The number of carbonyl (C=O) groups excluding carboxylic acids is 1. The smallest absolute Gasteiger partial charge is 0.253 e. The highest BCUT2D eigenvalue weighted by Gasteiger charge is 2.21. The van der Waals surface area contributed by atoms with Gasteiger partial charge in [-0.1, -0.05) is 36.4 Å². The van der Waals surface area contributed by atoms with E-state index in [-0.39, 0.29) is 29.0 Å². The molecule has 2 aromatic rings. The SMILES string of the molecule is CNCCN(C)C(=O)c1ccccc1CS(=O)(=O)c1ccccc1.Cl. The molecule has 0 radical (unpaired) electrons. The van der Waals surface area contributed by atoms with E-state index in [0.717, 1.165) is 0 Å². The lowest BCUT2D eigenvalue weighted by Crippen LogP contribution is -2.33. The number of nitrogens with one attached hydrogen (secondary N) is 1. The second-order valence-corrected chi connectivity index (χ2v) is 7.55. The van der Waals surface area contributed by atoms with Crippen molar-refractivity contribution in [3.8, 4) is 0 Å². The molecule has 0 spiro atoms. The van der Waals surface area contributed by atoms with Gasteiger partial charge in [0.05, 0.1) is 10.6 Å². The van der Waals surface area contributed by atoms with Gasteiger partial charge in [0, 0.05) is 25.7 Å². The first-order valence-electron chi connectivity index (χ1n) is 7.71. The Morgan fingerprint density at radius 2 is 1.64 bits per heavy atom. The molecular formula is C18H23ClN2O3S. The summed E-state index contributed by atoms with van der Waals surface area (Å²) in [6, 6.07) is 15.2. The van der Waals surface area contributed by atoms with Crippen molar-refractivity contribution in [1.82, 2.24) is 10.2 Å². The number of amides is 1. The Balaban J connectivity index is 0.00000312. The van der Waals surface area contributed by atoms with Crippen LogP contribution in [-0.2, 0) is 15.6 Å². The Kier molecular flexibility index (Phi) is 8.09. The third kappa shape index (κ3) is 5.56. The number of nitrogens with zero attached hydrogens (tertiary/aromatic N) is 1. The van der Waals surface area contributed by atoms with Gasteiger partial charge in [-0.05, 0) is 30.8 Å². The van der Waals surface area contributed by atoms with Crippen LogP contribution < -0.4 is 5.32 Å². The molecule has 0 aliphatic heterocycles. The Bertz CT molecular complexity index is 795. The normalized spacial score (nSPS) is 10.8. The molecule has 0 aromatic heterocycles. The summed E-state index contributed by atoms with van der Waals surface area (Å²) in [4.78, 5) is 14.4. The second-order valence-electron chi connectivity index (χ2n) is 5.56. The zero-order valence-corrected chi connectivity index (χ0v) is 15.9. The maximum atomic E-state index is 12.6. The van der Waals surface area contributed by atoms with E-state index in [1.807, 2.05) is 7.05 Å². The van der Waals surface area contributed by atoms with E-state index >= 15 is 0 Å². The van der Waals surface area contributed by atoms with Crippen LogP contribution in [0.4, 0.5) is 0 Å². The van der Waals surface area contributed by atoms with Crippen molar-refractivity contribution >= 4 is 28.2 Å². The lowest BCUT2D eigenvalue weighted by Gasteiger charge is -2.19. The van der Waals surface area contributed by atoms with E-state index in [0.29, 0.717) is 24.2 Å². The highest BCUT2D eigenvalue weighted by Crippen LogP contribution is 2.19. The summed E-state index contributed by atoms with van der Waals surface area (Å²) in [6.07, 6.45) is 0. The van der Waals surface area contributed by atoms with Crippen LogP contribution in [0.5, 0.6) is 0 Å². The summed E-state index contributed by atoms with van der Waals surface area (Å²) in [5.41, 5.74) is 0.943. The first-order valence-corrected chi connectivity index (χ1v) is 9.36. The molecule has 5 nitrogen and oxygen atoms in total. The van der Waals surface area contributed by atoms with E-state index < -0.39 is 9.84 Å². The Labute approximate surface area is 155 Å². The summed E-state index contributed by atoms with van der Waals surface area (Å²) in [6.45, 7) is 1.22. The van der Waals surface area contributed by atoms with Gasteiger partial charge in [-0.2, -0.15) is 0 Å². The van der Waals surface area contributed by atoms with Crippen LogP contribution in [-0.4, -0.2) is 46.4 Å². The Morgan fingerprint density at radius 3 is 2.28 bits per heavy atom. The van der Waals surface area contributed by atoms with E-state index in [4.69, 9.17) is 0 Å². The van der Waals surface area contributed by atoms with Crippen LogP contribution in [0.2, 0.25) is 0 Å². The fourth-order valence-corrected chi connectivity index (χ4v) is 3.76. The molecule has 2 rings (SSSR count). The van der Waals surface area contributed by atoms with Crippen LogP contribution in [0.15, 0.2) is 59.5 Å². The molecule has 0 heterocycles. The van der Waals surface area contributed by atoms with Crippen LogP contribution in [0.1, 0.15) is 15.9 Å². The minimum absolute atomic E-state index is 0. The number of sulfone groups is 1. The molecule has 0 bridgehead atoms. The highest BCUT2D eigenvalue weighted by molar-refractivity contribution is 7.90. The summed E-state index contributed by atoms with van der Waals surface area (Å²) >= 11 is 0. The fourth-order valence-electron chi connectivity index (χ4n) is 2.36. The maximum absolute atomic E-state index is 12.6. The summed E-state index contributed by atoms with van der Waals surface area (Å²) in [5.74, 6) is -0.372. The van der Waals surface area contributed by atoms with Crippen molar-refractivity contribution in [2.45, 2.75) is 10.6 Å². The van der Waals surface area contributed by atoms with Gasteiger partial charge in [-0.25, -0.2) is 8.42 Å². The number of rotatable bonds is 7. The topological polar surface area (TPSA) is 66.5 Å². The molecule has 0 fully saturated rings. The molecule has 0 aliphatic carbocycles. The molecule has 2 aromatic carbocycles. The number of hydrogen-bond donors (Lipinski definition) is 1. The summed E-state index contributed by atoms with van der Waals surface area (Å²) in [5, 5.41) is 2.99. The molecule has 0 saturated heterocycles. The predicted octanol–water partition coefficient (Wildman–Crippen LogP) is 2.37. The Hall–Kier alpha value is -1.89. The van der Waals surface area contributed by atoms with Crippen molar-refractivity contribution in [1.29, 1.82) is 0 Å². The molecule has 136 valence electrons. The van der Waals surface area contributed by atoms with Crippen molar-refractivity contribution in [2.24, 2.45) is 0 Å². The first-order chi connectivity index (χ1) is 11.5. The third-order valence-corrected chi connectivity index (χ3v) is 5.42. The van der Waals surface area contributed by atoms with Crippen LogP contribution in [0, 0.1) is 0 Å².